The van der Waals surface area contributed by atoms with Crippen LogP contribution in [-0.2, 0) is 14.1 Å². The molecular weight excluding hydrogens is 728 g/mol. The largest absolute Gasteiger partial charge is 0.376 e. The first-order valence-corrected chi connectivity index (χ1v) is 17.6. The lowest BCUT2D eigenvalue weighted by atomic mass is 9.78. The van der Waals surface area contributed by atoms with Gasteiger partial charge >= 0.3 is 0 Å². The summed E-state index contributed by atoms with van der Waals surface area (Å²) in [7, 11) is 3.55. The van der Waals surface area contributed by atoms with E-state index in [1.54, 1.807) is 47.7 Å². The third kappa shape index (κ3) is 5.84. The van der Waals surface area contributed by atoms with Gasteiger partial charge in [0, 0.05) is 47.7 Å². The van der Waals surface area contributed by atoms with Gasteiger partial charge in [-0.15, -0.1) is 0 Å². The number of carbonyl (C=O) groups excluding carboxylic acids is 2. The SMILES string of the molecule is Cn1ncnc1[C@H]1C2=NCC(=O)c3cc(F)cc(c32)N[C@@H]1c1ccc(F)cc1.Cn1ncnc1[C@H]1C2=NCC(=O)c3cc(F)cc(c32)N[C@@H]1c1ccc(F)cc1. The standard InChI is InChI=1S/2C20H15F2N5O/c2*1-27-20(24-9-25-27)17-18(10-2-4-11(21)5-3-10)26-14-7-12(22)6-13-15(28)8-23-19(17)16(13)14/h2*2-7,9,17-18,26H,8H2,1H3/t2*17-,18-/m11/s1. The van der Waals surface area contributed by atoms with E-state index >= 15 is 0 Å². The number of halogens is 4. The van der Waals surface area contributed by atoms with Crippen LogP contribution < -0.4 is 10.6 Å². The molecule has 4 atom stereocenters. The van der Waals surface area contributed by atoms with Gasteiger partial charge in [-0.1, -0.05) is 24.3 Å². The number of rotatable bonds is 4. The van der Waals surface area contributed by atoms with E-state index in [9.17, 15) is 27.2 Å². The van der Waals surface area contributed by atoms with Gasteiger partial charge in [0.2, 0.25) is 0 Å². The van der Waals surface area contributed by atoms with Gasteiger partial charge in [0.25, 0.3) is 0 Å². The van der Waals surface area contributed by atoms with Gasteiger partial charge in [-0.3, -0.25) is 28.9 Å². The number of Topliss-reactive ketones (excluding diaryl/α,β-unsaturated/α-hetero) is 2. The van der Waals surface area contributed by atoms with Crippen LogP contribution in [0.25, 0.3) is 0 Å². The molecule has 0 aliphatic carbocycles. The second-order valence-corrected chi connectivity index (χ2v) is 13.8. The van der Waals surface area contributed by atoms with Gasteiger partial charge in [-0.05, 0) is 59.7 Å². The van der Waals surface area contributed by atoms with Crippen LogP contribution in [0, 0.1) is 23.3 Å². The molecule has 16 heteroatoms. The van der Waals surface area contributed by atoms with Gasteiger partial charge in [0.1, 0.15) is 60.7 Å². The van der Waals surface area contributed by atoms with Crippen LogP contribution in [0.5, 0.6) is 0 Å². The van der Waals surface area contributed by atoms with E-state index in [0.717, 1.165) is 11.1 Å². The first kappa shape index (κ1) is 34.9. The number of anilines is 2. The highest BCUT2D eigenvalue weighted by Crippen LogP contribution is 2.46. The molecule has 0 radical (unpaired) electrons. The summed E-state index contributed by atoms with van der Waals surface area (Å²) >= 11 is 0. The fraction of sp³-hybridized carbons (Fsp3) is 0.200. The number of aromatic nitrogens is 6. The molecule has 10 rings (SSSR count). The number of nitrogens with one attached hydrogen (secondary N) is 2. The highest BCUT2D eigenvalue weighted by Gasteiger charge is 2.43. The predicted molar refractivity (Wildman–Crippen MR) is 197 cm³/mol. The van der Waals surface area contributed by atoms with Crippen LogP contribution in [0.2, 0.25) is 0 Å². The summed E-state index contributed by atoms with van der Waals surface area (Å²) in [5.41, 5.74) is 5.74. The Morgan fingerprint density at radius 3 is 1.32 bits per heavy atom. The molecule has 4 aliphatic heterocycles. The first-order valence-electron chi connectivity index (χ1n) is 17.6. The maximum Gasteiger partial charge on any atom is 0.185 e. The average Bonchev–Trinajstić information content (AvgIpc) is 3.81. The normalized spacial score (nSPS) is 20.4. The van der Waals surface area contributed by atoms with Gasteiger partial charge in [0.05, 0.1) is 35.3 Å². The lowest BCUT2D eigenvalue weighted by Crippen LogP contribution is -2.37. The van der Waals surface area contributed by atoms with E-state index in [1.807, 2.05) is 0 Å². The quantitative estimate of drug-likeness (QED) is 0.207. The summed E-state index contributed by atoms with van der Waals surface area (Å²) in [6, 6.07) is 16.7. The molecule has 6 aromatic rings. The number of aliphatic imine (C=N–C) groups is 2. The van der Waals surface area contributed by atoms with Crippen molar-refractivity contribution in [2.75, 3.05) is 23.7 Å². The Kier molecular flexibility index (Phi) is 8.40. The predicted octanol–water partition coefficient (Wildman–Crippen LogP) is 6.06. The molecule has 0 fully saturated rings. The molecule has 2 aromatic heterocycles. The van der Waals surface area contributed by atoms with E-state index in [2.05, 4.69) is 40.8 Å². The van der Waals surface area contributed by atoms with Gasteiger partial charge in [-0.25, -0.2) is 27.5 Å². The van der Waals surface area contributed by atoms with E-state index < -0.39 is 11.6 Å². The maximum absolute atomic E-state index is 14.2. The van der Waals surface area contributed by atoms with Crippen molar-refractivity contribution in [3.8, 4) is 0 Å². The fourth-order valence-electron chi connectivity index (χ4n) is 8.01. The van der Waals surface area contributed by atoms with Crippen molar-refractivity contribution in [1.29, 1.82) is 0 Å². The molecule has 12 nitrogen and oxygen atoms in total. The minimum atomic E-state index is -0.495. The second-order valence-electron chi connectivity index (χ2n) is 13.8. The second kappa shape index (κ2) is 13.5. The third-order valence-electron chi connectivity index (χ3n) is 10.5. The lowest BCUT2D eigenvalue weighted by molar-refractivity contribution is 0.0991. The Morgan fingerprint density at radius 1 is 0.571 bits per heavy atom. The Morgan fingerprint density at radius 2 is 0.964 bits per heavy atom. The zero-order chi connectivity index (χ0) is 38.8. The molecule has 0 saturated heterocycles. The van der Waals surface area contributed by atoms with Crippen molar-refractivity contribution < 1.29 is 27.2 Å². The Labute approximate surface area is 316 Å². The van der Waals surface area contributed by atoms with E-state index in [0.29, 0.717) is 56.7 Å². The molecule has 56 heavy (non-hydrogen) atoms. The van der Waals surface area contributed by atoms with Crippen LogP contribution in [0.15, 0.2) is 95.4 Å². The number of nitrogens with zero attached hydrogens (tertiary/aromatic N) is 8. The van der Waals surface area contributed by atoms with Gasteiger partial charge in [-0.2, -0.15) is 10.2 Å². The number of hydrogen-bond donors (Lipinski definition) is 2. The zero-order valence-corrected chi connectivity index (χ0v) is 29.7. The van der Waals surface area contributed by atoms with Crippen molar-refractivity contribution in [3.05, 3.63) is 154 Å². The number of hydrogen-bond acceptors (Lipinski definition) is 10. The van der Waals surface area contributed by atoms with E-state index in [4.69, 9.17) is 0 Å². The van der Waals surface area contributed by atoms with Crippen LogP contribution in [0.1, 0.15) is 78.5 Å². The molecule has 4 aliphatic rings. The van der Waals surface area contributed by atoms with E-state index in [1.165, 1.54) is 61.2 Å². The number of ketones is 2. The lowest BCUT2D eigenvalue weighted by Gasteiger charge is -2.37. The summed E-state index contributed by atoms with van der Waals surface area (Å²) in [4.78, 5) is 42.5. The number of carbonyl (C=O) groups is 2. The summed E-state index contributed by atoms with van der Waals surface area (Å²) in [5.74, 6) is -1.57. The Balaban J connectivity index is 0.000000146. The molecule has 4 aromatic carbocycles. The molecule has 2 N–H and O–H groups in total. The number of benzene rings is 4. The van der Waals surface area contributed by atoms with Crippen molar-refractivity contribution in [2.24, 2.45) is 24.1 Å². The number of aryl methyl sites for hydroxylation is 2. The van der Waals surface area contributed by atoms with Crippen molar-refractivity contribution >= 4 is 34.4 Å². The van der Waals surface area contributed by atoms with Crippen LogP contribution >= 0.6 is 0 Å². The molecular formula is C40H30F4N10O2. The smallest absolute Gasteiger partial charge is 0.185 e. The monoisotopic (exact) mass is 758 g/mol. The molecule has 0 unspecified atom stereocenters. The summed E-state index contributed by atoms with van der Waals surface area (Å²) < 4.78 is 58.6. The Hall–Kier alpha value is -6.84. The van der Waals surface area contributed by atoms with Crippen LogP contribution in [0.4, 0.5) is 28.9 Å². The summed E-state index contributed by atoms with van der Waals surface area (Å²) in [6.07, 6.45) is 2.90. The van der Waals surface area contributed by atoms with Gasteiger partial charge < -0.3 is 10.6 Å². The van der Waals surface area contributed by atoms with Crippen molar-refractivity contribution in [1.82, 2.24) is 29.5 Å². The molecule has 0 amide bonds. The minimum absolute atomic E-state index is 0.0459. The van der Waals surface area contributed by atoms with E-state index in [-0.39, 0.29) is 60.2 Å². The van der Waals surface area contributed by atoms with Crippen molar-refractivity contribution in [2.45, 2.75) is 23.9 Å². The molecule has 280 valence electrons. The maximum atomic E-state index is 14.2. The third-order valence-corrected chi connectivity index (χ3v) is 10.5. The molecule has 0 spiro atoms. The average molecular weight is 759 g/mol. The molecule has 0 saturated carbocycles. The Bertz CT molecular complexity index is 2450. The van der Waals surface area contributed by atoms with Gasteiger partial charge in [0.15, 0.2) is 11.6 Å². The summed E-state index contributed by atoms with van der Waals surface area (Å²) in [6.45, 7) is -0.0918. The first-order chi connectivity index (χ1) is 27.0. The van der Waals surface area contributed by atoms with Crippen molar-refractivity contribution in [3.63, 3.8) is 0 Å². The summed E-state index contributed by atoms with van der Waals surface area (Å²) in [5, 5.41) is 15.0. The molecule has 6 heterocycles. The fourth-order valence-corrected chi connectivity index (χ4v) is 8.01. The topological polar surface area (TPSA) is 144 Å². The van der Waals surface area contributed by atoms with Crippen LogP contribution in [0.3, 0.4) is 0 Å². The van der Waals surface area contributed by atoms with Crippen LogP contribution in [-0.4, -0.2) is 65.6 Å². The minimum Gasteiger partial charge on any atom is -0.376 e. The molecule has 0 bridgehead atoms. The highest BCUT2D eigenvalue weighted by atomic mass is 19.1. The highest BCUT2D eigenvalue weighted by molar-refractivity contribution is 6.22. The zero-order valence-electron chi connectivity index (χ0n) is 29.7.